The first-order valence-corrected chi connectivity index (χ1v) is 7.83. The van der Waals surface area contributed by atoms with E-state index in [1.165, 1.54) is 11.8 Å². The minimum absolute atomic E-state index is 0.319. The Balaban J connectivity index is 2.19. The van der Waals surface area contributed by atoms with Crippen molar-refractivity contribution in [2.75, 3.05) is 18.5 Å². The third-order valence-corrected chi connectivity index (χ3v) is 3.30. The molecule has 2 aromatic rings. The first-order valence-electron chi connectivity index (χ1n) is 6.63. The first-order chi connectivity index (χ1) is 10.2. The van der Waals surface area contributed by atoms with Gasteiger partial charge in [0, 0.05) is 12.7 Å². The summed E-state index contributed by atoms with van der Waals surface area (Å²) in [4.78, 5) is 17.0. The van der Waals surface area contributed by atoms with E-state index in [-0.39, 0.29) is 0 Å². The molecule has 0 saturated carbocycles. The Labute approximate surface area is 132 Å². The zero-order valence-electron chi connectivity index (χ0n) is 11.8. The van der Waals surface area contributed by atoms with E-state index in [4.69, 9.17) is 16.3 Å². The number of nitrogens with one attached hydrogen (secondary N) is 1. The Morgan fingerprint density at radius 2 is 2.10 bits per heavy atom. The maximum absolute atomic E-state index is 5.82. The molecule has 0 aliphatic heterocycles. The number of aromatic nitrogens is 4. The van der Waals surface area contributed by atoms with Crippen molar-refractivity contribution < 1.29 is 4.74 Å². The zero-order chi connectivity index (χ0) is 15.1. The molecule has 2 heterocycles. The second-order valence-electron chi connectivity index (χ2n) is 4.02. The summed E-state index contributed by atoms with van der Waals surface area (Å²) in [6.45, 7) is 5.29. The van der Waals surface area contributed by atoms with Crippen molar-refractivity contribution in [1.82, 2.24) is 19.9 Å². The normalized spacial score (nSPS) is 10.4. The quantitative estimate of drug-likeness (QED) is 0.837. The molecule has 2 rings (SSSR count). The SMILES string of the molecule is CCCOc1nc(NCC)nc(Sc2ccc(Cl)cn2)n1. The van der Waals surface area contributed by atoms with Gasteiger partial charge < -0.3 is 10.1 Å². The van der Waals surface area contributed by atoms with Gasteiger partial charge in [0.1, 0.15) is 5.03 Å². The van der Waals surface area contributed by atoms with Crippen molar-refractivity contribution in [2.45, 2.75) is 30.5 Å². The van der Waals surface area contributed by atoms with Gasteiger partial charge in [0.2, 0.25) is 11.1 Å². The van der Waals surface area contributed by atoms with Crippen LogP contribution in [0.25, 0.3) is 0 Å². The van der Waals surface area contributed by atoms with Crippen LogP contribution in [0.15, 0.2) is 28.5 Å². The van der Waals surface area contributed by atoms with E-state index in [2.05, 4.69) is 25.3 Å². The minimum Gasteiger partial charge on any atom is -0.463 e. The first kappa shape index (κ1) is 15.8. The van der Waals surface area contributed by atoms with Crippen molar-refractivity contribution in [3.63, 3.8) is 0 Å². The highest BCUT2D eigenvalue weighted by atomic mass is 35.5. The van der Waals surface area contributed by atoms with Gasteiger partial charge in [-0.1, -0.05) is 18.5 Å². The molecular weight excluding hydrogens is 310 g/mol. The summed E-state index contributed by atoms with van der Waals surface area (Å²) in [5.74, 6) is 0.495. The number of anilines is 1. The summed E-state index contributed by atoms with van der Waals surface area (Å²) < 4.78 is 5.48. The molecule has 2 aromatic heterocycles. The molecule has 0 unspecified atom stereocenters. The third kappa shape index (κ3) is 5.02. The van der Waals surface area contributed by atoms with Crippen molar-refractivity contribution in [3.05, 3.63) is 23.4 Å². The predicted octanol–water partition coefficient (Wildman–Crippen LogP) is 3.29. The van der Waals surface area contributed by atoms with Crippen LogP contribution in [0, 0.1) is 0 Å². The van der Waals surface area contributed by atoms with Gasteiger partial charge in [0.15, 0.2) is 0 Å². The second-order valence-corrected chi connectivity index (χ2v) is 5.44. The van der Waals surface area contributed by atoms with Gasteiger partial charge >= 0.3 is 6.01 Å². The summed E-state index contributed by atoms with van der Waals surface area (Å²) in [5, 5.41) is 4.94. The van der Waals surface area contributed by atoms with E-state index in [0.29, 0.717) is 28.7 Å². The largest absolute Gasteiger partial charge is 0.463 e. The molecule has 112 valence electrons. The summed E-state index contributed by atoms with van der Waals surface area (Å²) in [7, 11) is 0. The summed E-state index contributed by atoms with van der Waals surface area (Å²) in [6.07, 6.45) is 2.48. The van der Waals surface area contributed by atoms with Gasteiger partial charge in [-0.3, -0.25) is 0 Å². The van der Waals surface area contributed by atoms with Crippen molar-refractivity contribution in [3.8, 4) is 6.01 Å². The number of hydrogen-bond acceptors (Lipinski definition) is 7. The average Bonchev–Trinajstić information content (AvgIpc) is 2.48. The van der Waals surface area contributed by atoms with Gasteiger partial charge in [-0.05, 0) is 37.2 Å². The van der Waals surface area contributed by atoms with Crippen LogP contribution >= 0.6 is 23.4 Å². The topological polar surface area (TPSA) is 72.8 Å². The number of halogens is 1. The molecule has 0 amide bonds. The van der Waals surface area contributed by atoms with E-state index in [9.17, 15) is 0 Å². The average molecular weight is 326 g/mol. The van der Waals surface area contributed by atoms with E-state index >= 15 is 0 Å². The number of rotatable bonds is 7. The molecule has 0 fully saturated rings. The molecule has 6 nitrogen and oxygen atoms in total. The molecule has 0 aliphatic rings. The number of pyridine rings is 1. The molecule has 8 heteroatoms. The van der Waals surface area contributed by atoms with Gasteiger partial charge in [-0.15, -0.1) is 0 Å². The number of nitrogens with zero attached hydrogens (tertiary/aromatic N) is 4. The molecule has 1 N–H and O–H groups in total. The fourth-order valence-corrected chi connectivity index (χ4v) is 2.19. The van der Waals surface area contributed by atoms with Gasteiger partial charge in [-0.25, -0.2) is 4.98 Å². The van der Waals surface area contributed by atoms with Gasteiger partial charge in [-0.2, -0.15) is 15.0 Å². The van der Waals surface area contributed by atoms with Gasteiger partial charge in [0.25, 0.3) is 0 Å². The highest BCUT2D eigenvalue weighted by Crippen LogP contribution is 2.25. The summed E-state index contributed by atoms with van der Waals surface area (Å²) in [6, 6.07) is 3.91. The molecule has 0 bridgehead atoms. The van der Waals surface area contributed by atoms with Gasteiger partial charge in [0.05, 0.1) is 11.6 Å². The molecule has 0 radical (unpaired) electrons. The van der Waals surface area contributed by atoms with Crippen LogP contribution in [0.1, 0.15) is 20.3 Å². The number of hydrogen-bond donors (Lipinski definition) is 1. The van der Waals surface area contributed by atoms with E-state index < -0.39 is 0 Å². The predicted molar refractivity (Wildman–Crippen MR) is 83.1 cm³/mol. The Hall–Kier alpha value is -1.60. The van der Waals surface area contributed by atoms with Crippen molar-refractivity contribution in [2.24, 2.45) is 0 Å². The van der Waals surface area contributed by atoms with Crippen LogP contribution in [0.5, 0.6) is 6.01 Å². The minimum atomic E-state index is 0.319. The van der Waals surface area contributed by atoms with Crippen LogP contribution in [0.4, 0.5) is 5.95 Å². The van der Waals surface area contributed by atoms with Crippen LogP contribution in [-0.4, -0.2) is 33.1 Å². The fourth-order valence-electron chi connectivity index (χ4n) is 1.39. The summed E-state index contributed by atoms with van der Waals surface area (Å²) >= 11 is 7.15. The molecular formula is C13H16ClN5OS. The Morgan fingerprint density at radius 1 is 1.24 bits per heavy atom. The Morgan fingerprint density at radius 3 is 2.76 bits per heavy atom. The lowest BCUT2D eigenvalue weighted by molar-refractivity contribution is 0.288. The fraction of sp³-hybridized carbons (Fsp3) is 0.385. The third-order valence-electron chi connectivity index (χ3n) is 2.26. The maximum atomic E-state index is 5.82. The molecule has 0 aliphatic carbocycles. The molecule has 21 heavy (non-hydrogen) atoms. The Kier molecular flexibility index (Phi) is 6.01. The van der Waals surface area contributed by atoms with Crippen molar-refractivity contribution >= 4 is 29.3 Å². The lowest BCUT2D eigenvalue weighted by atomic mass is 10.5. The van der Waals surface area contributed by atoms with E-state index in [1.807, 2.05) is 19.9 Å². The smallest absolute Gasteiger partial charge is 0.322 e. The van der Waals surface area contributed by atoms with Crippen LogP contribution in [0.2, 0.25) is 5.02 Å². The van der Waals surface area contributed by atoms with E-state index in [1.54, 1.807) is 12.3 Å². The summed E-state index contributed by atoms with van der Waals surface area (Å²) in [5.41, 5.74) is 0. The molecule has 0 aromatic carbocycles. The lowest BCUT2D eigenvalue weighted by Gasteiger charge is -2.07. The monoisotopic (exact) mass is 325 g/mol. The molecule has 0 atom stereocenters. The Bertz CT molecular complexity index is 581. The van der Waals surface area contributed by atoms with Crippen LogP contribution in [0.3, 0.4) is 0 Å². The second kappa shape index (κ2) is 7.99. The molecule has 0 saturated heterocycles. The highest BCUT2D eigenvalue weighted by Gasteiger charge is 2.09. The maximum Gasteiger partial charge on any atom is 0.322 e. The van der Waals surface area contributed by atoms with Crippen molar-refractivity contribution in [1.29, 1.82) is 0 Å². The lowest BCUT2D eigenvalue weighted by Crippen LogP contribution is -2.07. The van der Waals surface area contributed by atoms with Crippen LogP contribution < -0.4 is 10.1 Å². The number of ether oxygens (including phenoxy) is 1. The highest BCUT2D eigenvalue weighted by molar-refractivity contribution is 7.99. The standard InChI is InChI=1S/C13H16ClN5OS/c1-3-7-20-12-17-11(15-4-2)18-13(19-12)21-10-6-5-9(14)8-16-10/h5-6,8H,3-4,7H2,1-2H3,(H,15,17,18,19). The molecule has 0 spiro atoms. The zero-order valence-corrected chi connectivity index (χ0v) is 13.4. The van der Waals surface area contributed by atoms with Crippen LogP contribution in [-0.2, 0) is 0 Å². The van der Waals surface area contributed by atoms with E-state index in [0.717, 1.165) is 18.0 Å².